The molecule has 0 saturated heterocycles. The van der Waals surface area contributed by atoms with E-state index in [0.29, 0.717) is 17.3 Å². The first-order chi connectivity index (χ1) is 8.58. The molecule has 0 aliphatic carbocycles. The van der Waals surface area contributed by atoms with Crippen molar-refractivity contribution in [1.82, 2.24) is 4.98 Å². The van der Waals surface area contributed by atoms with Gasteiger partial charge in [-0.15, -0.1) is 11.3 Å². The third kappa shape index (κ3) is 2.80. The highest BCUT2D eigenvalue weighted by Gasteiger charge is 2.14. The molecule has 1 heterocycles. The molecule has 0 amide bonds. The number of carboxylic acids is 1. The molecule has 0 aliphatic heterocycles. The quantitative estimate of drug-likeness (QED) is 0.936. The number of hydrogen-bond donors (Lipinski definition) is 1. The monoisotopic (exact) mass is 282 g/mol. The van der Waals surface area contributed by atoms with Crippen molar-refractivity contribution in [2.45, 2.75) is 6.54 Å². The van der Waals surface area contributed by atoms with Gasteiger partial charge in [0.25, 0.3) is 0 Å². The molecule has 0 unspecified atom stereocenters. The minimum atomic E-state index is -0.966. The zero-order valence-electron chi connectivity index (χ0n) is 9.63. The lowest BCUT2D eigenvalue weighted by Gasteiger charge is -2.20. The van der Waals surface area contributed by atoms with Crippen LogP contribution < -0.4 is 4.90 Å². The number of halogens is 1. The van der Waals surface area contributed by atoms with Gasteiger partial charge in [-0.25, -0.2) is 9.78 Å². The number of benzene rings is 1. The van der Waals surface area contributed by atoms with Gasteiger partial charge in [-0.2, -0.15) is 0 Å². The van der Waals surface area contributed by atoms with Gasteiger partial charge in [-0.05, 0) is 18.2 Å². The van der Waals surface area contributed by atoms with Crippen LogP contribution in [0.1, 0.15) is 16.1 Å². The van der Waals surface area contributed by atoms with Crippen LogP contribution in [0.5, 0.6) is 0 Å². The van der Waals surface area contributed by atoms with Gasteiger partial charge in [0.1, 0.15) is 0 Å². The van der Waals surface area contributed by atoms with E-state index in [2.05, 4.69) is 4.98 Å². The summed E-state index contributed by atoms with van der Waals surface area (Å²) in [5, 5.41) is 11.6. The average molecular weight is 283 g/mol. The Labute approximate surface area is 113 Å². The predicted molar refractivity (Wildman–Crippen MR) is 72.6 cm³/mol. The van der Waals surface area contributed by atoms with Crippen molar-refractivity contribution < 1.29 is 9.90 Å². The molecule has 0 saturated carbocycles. The maximum atomic E-state index is 11.2. The second-order valence-corrected chi connectivity index (χ2v) is 4.96. The first-order valence-electron chi connectivity index (χ1n) is 5.19. The normalized spacial score (nSPS) is 10.3. The van der Waals surface area contributed by atoms with Crippen molar-refractivity contribution in [2.75, 3.05) is 11.9 Å². The van der Waals surface area contributed by atoms with Crippen molar-refractivity contribution >= 4 is 34.6 Å². The number of rotatable bonds is 4. The number of anilines is 1. The molecule has 1 N–H and O–H groups in total. The lowest BCUT2D eigenvalue weighted by atomic mass is 10.1. The molecule has 0 spiro atoms. The maximum Gasteiger partial charge on any atom is 0.337 e. The Hall–Kier alpha value is -1.59. The molecular formula is C12H11ClN2O2S. The molecule has 0 aliphatic rings. The highest BCUT2D eigenvalue weighted by atomic mass is 35.5. The largest absolute Gasteiger partial charge is 0.478 e. The number of aromatic nitrogens is 1. The molecule has 6 heteroatoms. The molecule has 0 fully saturated rings. The Morgan fingerprint density at radius 2 is 2.33 bits per heavy atom. The van der Waals surface area contributed by atoms with Gasteiger partial charge in [0.15, 0.2) is 0 Å². The summed E-state index contributed by atoms with van der Waals surface area (Å²) < 4.78 is 0. The van der Waals surface area contributed by atoms with Crippen LogP contribution in [0.2, 0.25) is 5.02 Å². The van der Waals surface area contributed by atoms with Gasteiger partial charge >= 0.3 is 5.97 Å². The van der Waals surface area contributed by atoms with Crippen LogP contribution in [-0.4, -0.2) is 23.1 Å². The molecule has 4 nitrogen and oxygen atoms in total. The Kier molecular flexibility index (Phi) is 3.84. The van der Waals surface area contributed by atoms with Crippen molar-refractivity contribution in [3.05, 3.63) is 45.4 Å². The van der Waals surface area contributed by atoms with E-state index in [0.717, 1.165) is 5.69 Å². The van der Waals surface area contributed by atoms with E-state index >= 15 is 0 Å². The third-order valence-corrected chi connectivity index (χ3v) is 3.35. The van der Waals surface area contributed by atoms with Crippen LogP contribution in [0.3, 0.4) is 0 Å². The van der Waals surface area contributed by atoms with E-state index in [4.69, 9.17) is 16.7 Å². The Morgan fingerprint density at radius 3 is 2.94 bits per heavy atom. The summed E-state index contributed by atoms with van der Waals surface area (Å²) in [6.07, 6.45) is 0. The lowest BCUT2D eigenvalue weighted by molar-refractivity contribution is 0.0697. The second kappa shape index (κ2) is 5.37. The molecule has 0 radical (unpaired) electrons. The third-order valence-electron chi connectivity index (χ3n) is 2.48. The zero-order valence-corrected chi connectivity index (χ0v) is 11.2. The van der Waals surface area contributed by atoms with Crippen LogP contribution in [0, 0.1) is 0 Å². The number of aromatic carboxylic acids is 1. The smallest absolute Gasteiger partial charge is 0.337 e. The maximum absolute atomic E-state index is 11.2. The van der Waals surface area contributed by atoms with E-state index < -0.39 is 5.97 Å². The first kappa shape index (κ1) is 12.9. The van der Waals surface area contributed by atoms with E-state index in [1.807, 2.05) is 17.3 Å². The van der Waals surface area contributed by atoms with Crippen molar-refractivity contribution in [3.63, 3.8) is 0 Å². The topological polar surface area (TPSA) is 53.4 Å². The van der Waals surface area contributed by atoms with Gasteiger partial charge in [-0.1, -0.05) is 11.6 Å². The van der Waals surface area contributed by atoms with Crippen LogP contribution in [0.4, 0.5) is 5.69 Å². The predicted octanol–water partition coefficient (Wildman–Crippen LogP) is 3.13. The minimum Gasteiger partial charge on any atom is -0.478 e. The molecule has 2 rings (SSSR count). The lowest BCUT2D eigenvalue weighted by Crippen LogP contribution is -2.19. The van der Waals surface area contributed by atoms with E-state index in [9.17, 15) is 4.79 Å². The van der Waals surface area contributed by atoms with Crippen LogP contribution in [0.25, 0.3) is 0 Å². The second-order valence-electron chi connectivity index (χ2n) is 3.80. The average Bonchev–Trinajstić information content (AvgIpc) is 2.81. The number of hydrogen-bond acceptors (Lipinski definition) is 4. The summed E-state index contributed by atoms with van der Waals surface area (Å²) in [6, 6.07) is 4.74. The SMILES string of the molecule is CN(Cc1cscn1)c1cc(Cl)ccc1C(=O)O. The standard InChI is InChI=1S/C12H11ClN2O2S/c1-15(5-9-6-18-7-14-9)11-4-8(13)2-3-10(11)12(16)17/h2-4,6-7H,5H2,1H3,(H,16,17). The summed E-state index contributed by atoms with van der Waals surface area (Å²) >= 11 is 7.42. The molecule has 1 aromatic carbocycles. The molecule has 94 valence electrons. The highest BCUT2D eigenvalue weighted by molar-refractivity contribution is 7.07. The summed E-state index contributed by atoms with van der Waals surface area (Å²) in [7, 11) is 1.82. The van der Waals surface area contributed by atoms with Gasteiger partial charge in [0.05, 0.1) is 29.0 Å². The molecule has 0 bridgehead atoms. The minimum absolute atomic E-state index is 0.233. The number of carboxylic acid groups (broad SMARTS) is 1. The fourth-order valence-corrected chi connectivity index (χ4v) is 2.36. The summed E-state index contributed by atoms with van der Waals surface area (Å²) in [5.74, 6) is -0.966. The first-order valence-corrected chi connectivity index (χ1v) is 6.51. The van der Waals surface area contributed by atoms with Crippen molar-refractivity contribution in [2.24, 2.45) is 0 Å². The Bertz CT molecular complexity index is 557. The van der Waals surface area contributed by atoms with Gasteiger partial charge < -0.3 is 10.0 Å². The van der Waals surface area contributed by atoms with Crippen LogP contribution in [0.15, 0.2) is 29.1 Å². The van der Waals surface area contributed by atoms with Gasteiger partial charge in [0.2, 0.25) is 0 Å². The van der Waals surface area contributed by atoms with Crippen molar-refractivity contribution in [1.29, 1.82) is 0 Å². The molecule has 2 aromatic rings. The van der Waals surface area contributed by atoms with Crippen LogP contribution >= 0.6 is 22.9 Å². The Balaban J connectivity index is 2.31. The van der Waals surface area contributed by atoms with E-state index in [1.54, 1.807) is 17.6 Å². The highest BCUT2D eigenvalue weighted by Crippen LogP contribution is 2.25. The summed E-state index contributed by atoms with van der Waals surface area (Å²) in [5.41, 5.74) is 3.47. The Morgan fingerprint density at radius 1 is 1.56 bits per heavy atom. The summed E-state index contributed by atoms with van der Waals surface area (Å²) in [4.78, 5) is 17.2. The summed E-state index contributed by atoms with van der Waals surface area (Å²) in [6.45, 7) is 0.546. The fraction of sp³-hybridized carbons (Fsp3) is 0.167. The zero-order chi connectivity index (χ0) is 13.1. The fourth-order valence-electron chi connectivity index (χ4n) is 1.65. The van der Waals surface area contributed by atoms with Crippen molar-refractivity contribution in [3.8, 4) is 0 Å². The molecule has 1 aromatic heterocycles. The van der Waals surface area contributed by atoms with Gasteiger partial charge in [0, 0.05) is 17.5 Å². The van der Waals surface area contributed by atoms with Gasteiger partial charge in [-0.3, -0.25) is 0 Å². The number of thiazole rings is 1. The number of carbonyl (C=O) groups is 1. The van der Waals surface area contributed by atoms with Crippen LogP contribution in [-0.2, 0) is 6.54 Å². The number of nitrogens with zero attached hydrogens (tertiary/aromatic N) is 2. The molecular weight excluding hydrogens is 272 g/mol. The van der Waals surface area contributed by atoms with E-state index in [1.165, 1.54) is 17.4 Å². The molecule has 0 atom stereocenters. The molecule has 18 heavy (non-hydrogen) atoms. The van der Waals surface area contributed by atoms with E-state index in [-0.39, 0.29) is 5.56 Å².